The van der Waals surface area contributed by atoms with Crippen molar-refractivity contribution in [3.05, 3.63) is 47.9 Å². The molecule has 0 saturated carbocycles. The monoisotopic (exact) mass is 250 g/mol. The molecule has 0 radical (unpaired) electrons. The van der Waals surface area contributed by atoms with Crippen LogP contribution in [0.2, 0.25) is 0 Å². The van der Waals surface area contributed by atoms with E-state index in [9.17, 15) is 0 Å². The Balaban J connectivity index is -0.000000105. The van der Waals surface area contributed by atoms with Crippen LogP contribution in [0.15, 0.2) is 37.4 Å². The van der Waals surface area contributed by atoms with E-state index in [0.717, 1.165) is 0 Å². The minimum absolute atomic E-state index is 1.31. The van der Waals surface area contributed by atoms with Crippen LogP contribution in [0.5, 0.6) is 0 Å². The maximum Gasteiger partial charge on any atom is -0.0230 e. The van der Waals surface area contributed by atoms with Gasteiger partial charge in [0.1, 0.15) is 0 Å². The molecule has 0 saturated heterocycles. The number of benzene rings is 1. The van der Waals surface area contributed by atoms with Crippen LogP contribution in [-0.4, -0.2) is 0 Å². The minimum Gasteiger partial charge on any atom is -0.106 e. The molecule has 18 heavy (non-hydrogen) atoms. The van der Waals surface area contributed by atoms with Crippen molar-refractivity contribution in [1.29, 1.82) is 0 Å². The lowest BCUT2D eigenvalue weighted by atomic mass is 10.2. The van der Waals surface area contributed by atoms with Gasteiger partial charge < -0.3 is 0 Å². The summed E-state index contributed by atoms with van der Waals surface area (Å²) in [6.45, 7) is 22.1. The standard InChI is InChI=1S/C10H12.3C2H6.C2H4/c1-3-9-7-5-6-8-10(9)4-2;4*1-2/h3-8H,1-2H3;3*1-2H3;1-2H2/b9-3-,10-4-;;;;. The lowest BCUT2D eigenvalue weighted by Gasteiger charge is -1.85. The summed E-state index contributed by atoms with van der Waals surface area (Å²) in [5.74, 6) is 0. The molecule has 0 atom stereocenters. The van der Waals surface area contributed by atoms with Gasteiger partial charge in [0.05, 0.1) is 0 Å². The van der Waals surface area contributed by atoms with E-state index in [1.807, 2.05) is 41.5 Å². The molecule has 0 fully saturated rings. The zero-order valence-corrected chi connectivity index (χ0v) is 13.9. The van der Waals surface area contributed by atoms with Crippen LogP contribution >= 0.6 is 0 Å². The molecule has 0 nitrogen and oxygen atoms in total. The van der Waals surface area contributed by atoms with E-state index in [-0.39, 0.29) is 0 Å². The third kappa shape index (κ3) is 14.7. The summed E-state index contributed by atoms with van der Waals surface area (Å²) in [7, 11) is 0. The Bertz CT molecular complexity index is 287. The summed E-state index contributed by atoms with van der Waals surface area (Å²) in [6.07, 6.45) is 4.24. The SMILES string of the molecule is C/C=c1/cccc/c1=C/C.C=C.CC.CC.CC. The van der Waals surface area contributed by atoms with Crippen molar-refractivity contribution >= 4 is 12.2 Å². The lowest BCUT2D eigenvalue weighted by Crippen LogP contribution is -2.22. The average Bonchev–Trinajstić information content (AvgIpc) is 2.55. The van der Waals surface area contributed by atoms with Crippen molar-refractivity contribution in [1.82, 2.24) is 0 Å². The van der Waals surface area contributed by atoms with Gasteiger partial charge in [-0.25, -0.2) is 0 Å². The minimum atomic E-state index is 1.31. The normalized spacial score (nSPS) is 9.11. The van der Waals surface area contributed by atoms with Crippen molar-refractivity contribution in [2.75, 3.05) is 0 Å². The third-order valence-corrected chi connectivity index (χ3v) is 1.62. The first-order valence-corrected chi connectivity index (χ1v) is 7.06. The zero-order valence-electron chi connectivity index (χ0n) is 13.9. The number of rotatable bonds is 0. The van der Waals surface area contributed by atoms with E-state index in [1.54, 1.807) is 0 Å². The fourth-order valence-corrected chi connectivity index (χ4v) is 1.04. The van der Waals surface area contributed by atoms with Gasteiger partial charge >= 0.3 is 0 Å². The zero-order chi connectivity index (χ0) is 15.4. The maximum atomic E-state index is 3.00. The van der Waals surface area contributed by atoms with Gasteiger partial charge in [-0.05, 0) is 24.3 Å². The van der Waals surface area contributed by atoms with Gasteiger partial charge in [-0.3, -0.25) is 0 Å². The highest BCUT2D eigenvalue weighted by Gasteiger charge is 1.77. The third-order valence-electron chi connectivity index (χ3n) is 1.62. The molecule has 0 spiro atoms. The molecule has 1 rings (SSSR count). The Morgan fingerprint density at radius 3 is 1.06 bits per heavy atom. The van der Waals surface area contributed by atoms with Crippen LogP contribution in [0, 0.1) is 0 Å². The van der Waals surface area contributed by atoms with Crippen molar-refractivity contribution < 1.29 is 0 Å². The fourth-order valence-electron chi connectivity index (χ4n) is 1.04. The first-order chi connectivity index (χ1) is 8.88. The predicted octanol–water partition coefficient (Wildman–Crippen LogP) is 5.17. The molecule has 106 valence electrons. The Morgan fingerprint density at radius 1 is 0.667 bits per heavy atom. The smallest absolute Gasteiger partial charge is 0.0230 e. The number of hydrogen-bond acceptors (Lipinski definition) is 0. The highest BCUT2D eigenvalue weighted by Crippen LogP contribution is 1.71. The quantitative estimate of drug-likeness (QED) is 0.557. The highest BCUT2D eigenvalue weighted by atomic mass is 13.8. The Hall–Kier alpha value is -1.30. The van der Waals surface area contributed by atoms with Crippen LogP contribution in [0.25, 0.3) is 12.2 Å². The molecule has 0 bridgehead atoms. The molecular weight excluding hydrogens is 216 g/mol. The maximum absolute atomic E-state index is 3.00. The van der Waals surface area contributed by atoms with E-state index in [1.165, 1.54) is 10.4 Å². The molecule has 0 heterocycles. The van der Waals surface area contributed by atoms with E-state index < -0.39 is 0 Å². The summed E-state index contributed by atoms with van der Waals surface area (Å²) in [5, 5.41) is 2.62. The topological polar surface area (TPSA) is 0 Å². The Morgan fingerprint density at radius 2 is 0.889 bits per heavy atom. The second kappa shape index (κ2) is 29.6. The highest BCUT2D eigenvalue weighted by molar-refractivity contribution is 5.28. The van der Waals surface area contributed by atoms with Gasteiger partial charge in [0.15, 0.2) is 0 Å². The summed E-state index contributed by atoms with van der Waals surface area (Å²) >= 11 is 0. The van der Waals surface area contributed by atoms with E-state index in [2.05, 4.69) is 63.4 Å². The second-order valence-corrected chi connectivity index (χ2v) is 2.21. The summed E-state index contributed by atoms with van der Waals surface area (Å²) in [4.78, 5) is 0. The van der Waals surface area contributed by atoms with Gasteiger partial charge in [-0.15, -0.1) is 13.2 Å². The molecule has 0 heteroatoms. The average molecular weight is 250 g/mol. The Labute approximate surface area is 116 Å². The summed E-state index contributed by atoms with van der Waals surface area (Å²) in [6, 6.07) is 8.36. The summed E-state index contributed by atoms with van der Waals surface area (Å²) < 4.78 is 0. The van der Waals surface area contributed by atoms with Gasteiger partial charge in [-0.2, -0.15) is 0 Å². The summed E-state index contributed by atoms with van der Waals surface area (Å²) in [5.41, 5.74) is 0. The molecule has 0 N–H and O–H groups in total. The molecule has 1 aromatic carbocycles. The van der Waals surface area contributed by atoms with Crippen molar-refractivity contribution in [3.63, 3.8) is 0 Å². The first-order valence-electron chi connectivity index (χ1n) is 7.06. The molecule has 0 aliphatic rings. The molecule has 0 aromatic heterocycles. The Kier molecular flexibility index (Phi) is 42.0. The fraction of sp³-hybridized carbons (Fsp3) is 0.444. The van der Waals surface area contributed by atoms with Gasteiger partial charge in [0.2, 0.25) is 0 Å². The largest absolute Gasteiger partial charge is 0.106 e. The lowest BCUT2D eigenvalue weighted by molar-refractivity contribution is 1.50. The van der Waals surface area contributed by atoms with Gasteiger partial charge in [0, 0.05) is 0 Å². The van der Waals surface area contributed by atoms with E-state index in [4.69, 9.17) is 0 Å². The van der Waals surface area contributed by atoms with E-state index in [0.29, 0.717) is 0 Å². The molecular formula is C18H34. The van der Waals surface area contributed by atoms with Gasteiger partial charge in [-0.1, -0.05) is 78.0 Å². The molecule has 0 unspecified atom stereocenters. The van der Waals surface area contributed by atoms with Crippen LogP contribution in [0.1, 0.15) is 55.4 Å². The van der Waals surface area contributed by atoms with Crippen molar-refractivity contribution in [2.24, 2.45) is 0 Å². The molecule has 0 aliphatic carbocycles. The number of hydrogen-bond donors (Lipinski definition) is 0. The first kappa shape index (κ1) is 25.5. The van der Waals surface area contributed by atoms with Crippen LogP contribution in [0.3, 0.4) is 0 Å². The van der Waals surface area contributed by atoms with Gasteiger partial charge in [0.25, 0.3) is 0 Å². The van der Waals surface area contributed by atoms with Crippen LogP contribution < -0.4 is 10.4 Å². The van der Waals surface area contributed by atoms with Crippen LogP contribution in [0.4, 0.5) is 0 Å². The molecule has 0 amide bonds. The van der Waals surface area contributed by atoms with E-state index >= 15 is 0 Å². The van der Waals surface area contributed by atoms with Crippen LogP contribution in [-0.2, 0) is 0 Å². The van der Waals surface area contributed by atoms with Crippen molar-refractivity contribution in [3.8, 4) is 0 Å². The molecule has 1 aromatic rings. The predicted molar refractivity (Wildman–Crippen MR) is 91.3 cm³/mol. The van der Waals surface area contributed by atoms with Crippen molar-refractivity contribution in [2.45, 2.75) is 55.4 Å². The molecule has 0 aliphatic heterocycles. The second-order valence-electron chi connectivity index (χ2n) is 2.21.